The van der Waals surface area contributed by atoms with Crippen LogP contribution in [-0.4, -0.2) is 0 Å². The molecule has 0 aliphatic carbocycles. The lowest BCUT2D eigenvalue weighted by Crippen LogP contribution is -2.10. The zero-order chi connectivity index (χ0) is 42.0. The molecular weight excluding hydrogens is 747 g/mol. The van der Waals surface area contributed by atoms with E-state index >= 15 is 0 Å². The fourth-order valence-corrected chi connectivity index (χ4v) is 9.06. The van der Waals surface area contributed by atoms with Gasteiger partial charge in [-0.25, -0.2) is 0 Å². The van der Waals surface area contributed by atoms with E-state index in [2.05, 4.69) is 238 Å². The minimum absolute atomic E-state index is 1.11. The minimum atomic E-state index is 1.11. The molecular formula is C61H47N. The summed E-state index contributed by atoms with van der Waals surface area (Å²) in [6.45, 7) is 6.55. The minimum Gasteiger partial charge on any atom is -0.310 e. The van der Waals surface area contributed by atoms with Gasteiger partial charge in [0.1, 0.15) is 0 Å². The Morgan fingerprint density at radius 1 is 0.274 bits per heavy atom. The predicted octanol–water partition coefficient (Wildman–Crippen LogP) is 17.4. The van der Waals surface area contributed by atoms with E-state index in [0.717, 1.165) is 17.1 Å². The van der Waals surface area contributed by atoms with Crippen molar-refractivity contribution < 1.29 is 0 Å². The van der Waals surface area contributed by atoms with Crippen LogP contribution in [0.1, 0.15) is 16.7 Å². The smallest absolute Gasteiger partial charge is 0.0468 e. The van der Waals surface area contributed by atoms with Gasteiger partial charge in [0.15, 0.2) is 0 Å². The molecule has 11 aromatic rings. The van der Waals surface area contributed by atoms with Crippen molar-refractivity contribution in [1.82, 2.24) is 0 Å². The predicted molar refractivity (Wildman–Crippen MR) is 268 cm³/mol. The molecule has 0 atom stereocenters. The molecule has 11 rings (SSSR count). The van der Waals surface area contributed by atoms with Crippen molar-refractivity contribution in [3.8, 4) is 33.4 Å². The molecule has 62 heavy (non-hydrogen) atoms. The summed E-state index contributed by atoms with van der Waals surface area (Å²) in [6.07, 6.45) is 0. The van der Waals surface area contributed by atoms with E-state index in [1.54, 1.807) is 0 Å². The Balaban J connectivity index is 0.000000598. The summed E-state index contributed by atoms with van der Waals surface area (Å²) in [5.41, 5.74) is 14.6. The molecule has 0 saturated heterocycles. The highest BCUT2D eigenvalue weighted by atomic mass is 15.1. The zero-order valence-electron chi connectivity index (χ0n) is 35.4. The lowest BCUT2D eigenvalue weighted by Gasteiger charge is -2.27. The van der Waals surface area contributed by atoms with E-state index in [1.165, 1.54) is 93.2 Å². The average Bonchev–Trinajstić information content (AvgIpc) is 3.33. The number of hydrogen-bond acceptors (Lipinski definition) is 1. The molecule has 11 aromatic carbocycles. The summed E-state index contributed by atoms with van der Waals surface area (Å²) in [5.74, 6) is 0. The summed E-state index contributed by atoms with van der Waals surface area (Å²) in [7, 11) is 0. The second kappa shape index (κ2) is 16.7. The Morgan fingerprint density at radius 3 is 1.31 bits per heavy atom. The van der Waals surface area contributed by atoms with E-state index in [9.17, 15) is 0 Å². The molecule has 1 heteroatoms. The molecule has 0 saturated carbocycles. The van der Waals surface area contributed by atoms with Gasteiger partial charge in [0.25, 0.3) is 0 Å². The number of rotatable bonds is 6. The number of hydrogen-bond donors (Lipinski definition) is 0. The standard InChI is InChI=1S/C54H39N.C7H8/c1-36-20-21-42(34-53(36)47-32-26-41-14-6-7-15-46(41)37(47)2)40-24-29-44(30-25-40)55(43-27-22-39(23-28-43)38-12-4-3-5-13-38)45-31-33-52-50-18-9-8-16-48(50)49-17-10-11-19-51(49)54(52)35-45;1-7-5-3-2-4-6-7/h3-35H,1-2H3;2-6H,1H3. The molecule has 1 nitrogen and oxygen atoms in total. The number of aryl methyl sites for hydroxylation is 3. The first kappa shape index (κ1) is 38.5. The third kappa shape index (κ3) is 7.40. The summed E-state index contributed by atoms with van der Waals surface area (Å²) in [5, 5.41) is 10.2. The first-order valence-electron chi connectivity index (χ1n) is 21.5. The van der Waals surface area contributed by atoms with Crippen molar-refractivity contribution in [1.29, 1.82) is 0 Å². The maximum absolute atomic E-state index is 2.39. The summed E-state index contributed by atoms with van der Waals surface area (Å²) >= 11 is 0. The van der Waals surface area contributed by atoms with Crippen LogP contribution in [-0.2, 0) is 0 Å². The van der Waals surface area contributed by atoms with E-state index in [4.69, 9.17) is 0 Å². The number of anilines is 3. The largest absolute Gasteiger partial charge is 0.310 e. The highest BCUT2D eigenvalue weighted by molar-refractivity contribution is 6.25. The van der Waals surface area contributed by atoms with Gasteiger partial charge in [0.05, 0.1) is 0 Å². The second-order valence-corrected chi connectivity index (χ2v) is 16.3. The van der Waals surface area contributed by atoms with Gasteiger partial charge in [0, 0.05) is 17.1 Å². The first-order chi connectivity index (χ1) is 30.5. The van der Waals surface area contributed by atoms with Gasteiger partial charge in [0.2, 0.25) is 0 Å². The molecule has 0 spiro atoms. The molecule has 0 aliphatic heterocycles. The van der Waals surface area contributed by atoms with E-state index in [-0.39, 0.29) is 0 Å². The van der Waals surface area contributed by atoms with Gasteiger partial charge >= 0.3 is 0 Å². The van der Waals surface area contributed by atoms with Crippen molar-refractivity contribution in [2.24, 2.45) is 0 Å². The lowest BCUT2D eigenvalue weighted by molar-refractivity contribution is 1.29. The SMILES string of the molecule is Cc1ccc(-c2ccc(N(c3ccc(-c4ccccc4)cc3)c3ccc4c5ccccc5c5ccccc5c4c3)cc2)cc1-c1ccc2ccccc2c1C.Cc1ccccc1. The fraction of sp³-hybridized carbons (Fsp3) is 0.0492. The van der Waals surface area contributed by atoms with Crippen LogP contribution in [0.2, 0.25) is 0 Å². The second-order valence-electron chi connectivity index (χ2n) is 16.3. The Labute approximate surface area is 364 Å². The molecule has 0 radical (unpaired) electrons. The van der Waals surface area contributed by atoms with Crippen LogP contribution in [0.4, 0.5) is 17.1 Å². The Hall–Kier alpha value is -7.74. The third-order valence-corrected chi connectivity index (χ3v) is 12.3. The quantitative estimate of drug-likeness (QED) is 0.152. The number of benzene rings is 11. The van der Waals surface area contributed by atoms with Gasteiger partial charge in [-0.3, -0.25) is 0 Å². The Morgan fingerprint density at radius 2 is 0.726 bits per heavy atom. The maximum Gasteiger partial charge on any atom is 0.0468 e. The molecule has 0 bridgehead atoms. The summed E-state index contributed by atoms with van der Waals surface area (Å²) in [4.78, 5) is 2.39. The Bertz CT molecular complexity index is 3310. The van der Waals surface area contributed by atoms with Crippen molar-refractivity contribution >= 4 is 60.2 Å². The van der Waals surface area contributed by atoms with Gasteiger partial charge in [-0.15, -0.1) is 0 Å². The van der Waals surface area contributed by atoms with Crippen molar-refractivity contribution in [2.75, 3.05) is 4.90 Å². The van der Waals surface area contributed by atoms with E-state index in [1.807, 2.05) is 18.2 Å². The normalized spacial score (nSPS) is 11.1. The monoisotopic (exact) mass is 793 g/mol. The molecule has 0 N–H and O–H groups in total. The van der Waals surface area contributed by atoms with Gasteiger partial charge < -0.3 is 4.90 Å². The van der Waals surface area contributed by atoms with Crippen molar-refractivity contribution in [3.63, 3.8) is 0 Å². The molecule has 0 amide bonds. The topological polar surface area (TPSA) is 3.24 Å². The summed E-state index contributed by atoms with van der Waals surface area (Å²) < 4.78 is 0. The first-order valence-corrected chi connectivity index (χ1v) is 21.5. The fourth-order valence-electron chi connectivity index (χ4n) is 9.06. The third-order valence-electron chi connectivity index (χ3n) is 12.3. The van der Waals surface area contributed by atoms with Crippen LogP contribution in [0.3, 0.4) is 0 Å². The van der Waals surface area contributed by atoms with Crippen LogP contribution < -0.4 is 4.90 Å². The van der Waals surface area contributed by atoms with Crippen LogP contribution in [0.5, 0.6) is 0 Å². The van der Waals surface area contributed by atoms with E-state index < -0.39 is 0 Å². The highest BCUT2D eigenvalue weighted by Gasteiger charge is 2.17. The van der Waals surface area contributed by atoms with Crippen LogP contribution >= 0.6 is 0 Å². The van der Waals surface area contributed by atoms with Crippen molar-refractivity contribution in [2.45, 2.75) is 20.8 Å². The number of fused-ring (bicyclic) bond motifs is 7. The van der Waals surface area contributed by atoms with Gasteiger partial charge in [-0.1, -0.05) is 194 Å². The van der Waals surface area contributed by atoms with Gasteiger partial charge in [-0.2, -0.15) is 0 Å². The highest BCUT2D eigenvalue weighted by Crippen LogP contribution is 2.42. The number of nitrogens with zero attached hydrogens (tertiary/aromatic N) is 1. The maximum atomic E-state index is 2.39. The zero-order valence-corrected chi connectivity index (χ0v) is 35.4. The van der Waals surface area contributed by atoms with Gasteiger partial charge in [-0.05, 0) is 151 Å². The van der Waals surface area contributed by atoms with Crippen LogP contribution in [0.15, 0.2) is 231 Å². The van der Waals surface area contributed by atoms with Crippen molar-refractivity contribution in [3.05, 3.63) is 247 Å². The molecule has 0 aromatic heterocycles. The summed E-state index contributed by atoms with van der Waals surface area (Å²) in [6, 6.07) is 83.5. The molecule has 0 aliphatic rings. The molecule has 0 heterocycles. The van der Waals surface area contributed by atoms with E-state index in [0.29, 0.717) is 0 Å². The average molecular weight is 794 g/mol. The lowest BCUT2D eigenvalue weighted by atomic mass is 9.90. The van der Waals surface area contributed by atoms with Crippen LogP contribution in [0, 0.1) is 20.8 Å². The molecule has 296 valence electrons. The Kier molecular flexibility index (Phi) is 10.4. The van der Waals surface area contributed by atoms with Crippen LogP contribution in [0.25, 0.3) is 76.5 Å². The molecule has 0 unspecified atom stereocenters. The molecule has 0 fully saturated rings.